The molecule has 0 N–H and O–H groups in total. The van der Waals surface area contributed by atoms with Crippen LogP contribution in [0.5, 0.6) is 0 Å². The summed E-state index contributed by atoms with van der Waals surface area (Å²) in [6.45, 7) is 3.40. The van der Waals surface area contributed by atoms with Crippen molar-refractivity contribution in [1.29, 1.82) is 5.26 Å². The van der Waals surface area contributed by atoms with Crippen LogP contribution < -0.4 is 4.90 Å². The molecule has 0 radical (unpaired) electrons. The Hall–Kier alpha value is -1.01. The van der Waals surface area contributed by atoms with Crippen molar-refractivity contribution in [3.63, 3.8) is 0 Å². The van der Waals surface area contributed by atoms with Gasteiger partial charge in [-0.05, 0) is 55.4 Å². The molecule has 1 unspecified atom stereocenters. The maximum atomic E-state index is 8.85. The van der Waals surface area contributed by atoms with Crippen LogP contribution in [0.2, 0.25) is 0 Å². The normalized spacial score (nSPS) is 23.1. The average molecular weight is 347 g/mol. The molecular formula is C18H23BrN2. The number of fused-ring (bicyclic) bond motifs is 1. The maximum absolute atomic E-state index is 8.85. The van der Waals surface area contributed by atoms with Crippen LogP contribution in [0.1, 0.15) is 63.4 Å². The molecule has 0 saturated heterocycles. The largest absolute Gasteiger partial charge is 0.366 e. The first-order chi connectivity index (χ1) is 10.2. The van der Waals surface area contributed by atoms with E-state index in [4.69, 9.17) is 5.26 Å². The van der Waals surface area contributed by atoms with E-state index in [0.29, 0.717) is 17.9 Å². The molecule has 2 nitrogen and oxygen atoms in total. The molecule has 1 aliphatic carbocycles. The third-order valence-electron chi connectivity index (χ3n) is 5.27. The lowest BCUT2D eigenvalue weighted by molar-refractivity contribution is 0.325. The van der Waals surface area contributed by atoms with Gasteiger partial charge < -0.3 is 4.90 Å². The molecule has 3 heteroatoms. The van der Waals surface area contributed by atoms with Gasteiger partial charge in [-0.3, -0.25) is 0 Å². The molecule has 2 aliphatic rings. The van der Waals surface area contributed by atoms with Crippen LogP contribution in [0.4, 0.5) is 5.69 Å². The fourth-order valence-electron chi connectivity index (χ4n) is 4.39. The Morgan fingerprint density at radius 2 is 2.14 bits per heavy atom. The van der Waals surface area contributed by atoms with Crippen LogP contribution >= 0.6 is 15.9 Å². The fourth-order valence-corrected chi connectivity index (χ4v) is 4.77. The van der Waals surface area contributed by atoms with Gasteiger partial charge in [-0.15, -0.1) is 0 Å². The summed E-state index contributed by atoms with van der Waals surface area (Å²) in [6.07, 6.45) is 8.25. The molecular weight excluding hydrogens is 324 g/mol. The SMILES string of the molecule is CC1CC2(CCCC2)N(CCCC#N)c2ccc(Br)cc21. The number of nitriles is 1. The molecule has 3 rings (SSSR count). The standard InChI is InChI=1S/C18H23BrN2/c1-14-13-18(8-2-3-9-18)21(11-5-4-10-20)17-7-6-15(19)12-16(14)17/h6-7,12,14H,2-5,8-9,11,13H2,1H3. The number of benzene rings is 1. The Kier molecular flexibility index (Phi) is 4.26. The molecule has 112 valence electrons. The van der Waals surface area contributed by atoms with Gasteiger partial charge in [0.25, 0.3) is 0 Å². The highest BCUT2D eigenvalue weighted by atomic mass is 79.9. The predicted molar refractivity (Wildman–Crippen MR) is 90.6 cm³/mol. The summed E-state index contributed by atoms with van der Waals surface area (Å²) in [5, 5.41) is 8.85. The monoisotopic (exact) mass is 346 g/mol. The molecule has 1 aliphatic heterocycles. The van der Waals surface area contributed by atoms with Crippen molar-refractivity contribution in [2.75, 3.05) is 11.4 Å². The molecule has 1 aromatic rings. The van der Waals surface area contributed by atoms with Crippen LogP contribution in [0, 0.1) is 11.3 Å². The first kappa shape index (κ1) is 14.9. The lowest BCUT2D eigenvalue weighted by Gasteiger charge is -2.50. The Bertz CT molecular complexity index is 555. The quantitative estimate of drug-likeness (QED) is 0.687. The zero-order valence-corrected chi connectivity index (χ0v) is 14.3. The summed E-state index contributed by atoms with van der Waals surface area (Å²) in [6, 6.07) is 9.03. The maximum Gasteiger partial charge on any atom is 0.0622 e. The summed E-state index contributed by atoms with van der Waals surface area (Å²) in [7, 11) is 0. The van der Waals surface area contributed by atoms with Gasteiger partial charge in [0, 0.05) is 28.7 Å². The first-order valence-corrected chi connectivity index (χ1v) is 8.90. The van der Waals surface area contributed by atoms with Crippen LogP contribution in [-0.2, 0) is 0 Å². The lowest BCUT2D eigenvalue weighted by Crippen LogP contribution is -2.51. The van der Waals surface area contributed by atoms with E-state index in [-0.39, 0.29) is 0 Å². The van der Waals surface area contributed by atoms with Gasteiger partial charge in [-0.2, -0.15) is 5.26 Å². The van der Waals surface area contributed by atoms with Gasteiger partial charge in [-0.1, -0.05) is 35.7 Å². The second kappa shape index (κ2) is 6.01. The van der Waals surface area contributed by atoms with Gasteiger partial charge in [0.05, 0.1) is 6.07 Å². The first-order valence-electron chi connectivity index (χ1n) is 8.10. The van der Waals surface area contributed by atoms with Crippen molar-refractivity contribution in [1.82, 2.24) is 0 Å². The molecule has 1 saturated carbocycles. The van der Waals surface area contributed by atoms with E-state index >= 15 is 0 Å². The van der Waals surface area contributed by atoms with E-state index < -0.39 is 0 Å². The van der Waals surface area contributed by atoms with Gasteiger partial charge >= 0.3 is 0 Å². The highest BCUT2D eigenvalue weighted by Crippen LogP contribution is 2.50. The van der Waals surface area contributed by atoms with E-state index in [9.17, 15) is 0 Å². The van der Waals surface area contributed by atoms with Crippen molar-refractivity contribution in [2.45, 2.75) is 63.3 Å². The molecule has 0 aromatic heterocycles. The van der Waals surface area contributed by atoms with Gasteiger partial charge in [-0.25, -0.2) is 0 Å². The number of rotatable bonds is 3. The minimum absolute atomic E-state index is 0.357. The lowest BCUT2D eigenvalue weighted by atomic mass is 9.76. The van der Waals surface area contributed by atoms with E-state index in [1.165, 1.54) is 47.8 Å². The minimum Gasteiger partial charge on any atom is -0.366 e. The Balaban J connectivity index is 1.98. The highest BCUT2D eigenvalue weighted by molar-refractivity contribution is 9.10. The van der Waals surface area contributed by atoms with Gasteiger partial charge in [0.1, 0.15) is 0 Å². The smallest absolute Gasteiger partial charge is 0.0622 e. The van der Waals surface area contributed by atoms with Crippen LogP contribution in [-0.4, -0.2) is 12.1 Å². The number of unbranched alkanes of at least 4 members (excludes halogenated alkanes) is 1. The molecule has 1 heterocycles. The number of halogens is 1. The van der Waals surface area contributed by atoms with Crippen LogP contribution in [0.25, 0.3) is 0 Å². The third kappa shape index (κ3) is 2.71. The predicted octanol–water partition coefficient (Wildman–Crippen LogP) is 5.38. The van der Waals surface area contributed by atoms with Gasteiger partial charge in [0.2, 0.25) is 0 Å². The van der Waals surface area contributed by atoms with Crippen molar-refractivity contribution in [3.05, 3.63) is 28.2 Å². The molecule has 1 fully saturated rings. The Labute approximate surface area is 136 Å². The van der Waals surface area contributed by atoms with Crippen molar-refractivity contribution in [2.24, 2.45) is 0 Å². The van der Waals surface area contributed by atoms with Gasteiger partial charge in [0.15, 0.2) is 0 Å². The summed E-state index contributed by atoms with van der Waals surface area (Å²) >= 11 is 3.62. The highest BCUT2D eigenvalue weighted by Gasteiger charge is 2.44. The zero-order chi connectivity index (χ0) is 14.9. The van der Waals surface area contributed by atoms with Crippen molar-refractivity contribution in [3.8, 4) is 6.07 Å². The van der Waals surface area contributed by atoms with Crippen molar-refractivity contribution >= 4 is 21.6 Å². The van der Waals surface area contributed by atoms with E-state index in [1.807, 2.05) is 0 Å². The van der Waals surface area contributed by atoms with Crippen LogP contribution in [0.15, 0.2) is 22.7 Å². The third-order valence-corrected chi connectivity index (χ3v) is 5.77. The Morgan fingerprint density at radius 3 is 2.86 bits per heavy atom. The summed E-state index contributed by atoms with van der Waals surface area (Å²) in [5.41, 5.74) is 3.24. The van der Waals surface area contributed by atoms with E-state index in [0.717, 1.165) is 13.0 Å². The molecule has 1 aromatic carbocycles. The van der Waals surface area contributed by atoms with Crippen molar-refractivity contribution < 1.29 is 0 Å². The second-order valence-electron chi connectivity index (χ2n) is 6.65. The summed E-state index contributed by atoms with van der Waals surface area (Å²) < 4.78 is 1.17. The topological polar surface area (TPSA) is 27.0 Å². The number of hydrogen-bond donors (Lipinski definition) is 0. The molecule has 0 amide bonds. The van der Waals surface area contributed by atoms with E-state index in [2.05, 4.69) is 52.0 Å². The average Bonchev–Trinajstić information content (AvgIpc) is 2.92. The summed E-state index contributed by atoms with van der Waals surface area (Å²) in [5.74, 6) is 0.628. The number of nitrogens with zero attached hydrogens (tertiary/aromatic N) is 2. The van der Waals surface area contributed by atoms with E-state index in [1.54, 1.807) is 0 Å². The number of anilines is 1. The minimum atomic E-state index is 0.357. The summed E-state index contributed by atoms with van der Waals surface area (Å²) in [4.78, 5) is 2.65. The Morgan fingerprint density at radius 1 is 1.38 bits per heavy atom. The van der Waals surface area contributed by atoms with Crippen LogP contribution in [0.3, 0.4) is 0 Å². The molecule has 1 atom stereocenters. The molecule has 21 heavy (non-hydrogen) atoms. The second-order valence-corrected chi connectivity index (χ2v) is 7.57. The zero-order valence-electron chi connectivity index (χ0n) is 12.7. The fraction of sp³-hybridized carbons (Fsp3) is 0.611. The molecule has 0 bridgehead atoms. The number of hydrogen-bond acceptors (Lipinski definition) is 2. The molecule has 1 spiro atoms.